The maximum atomic E-state index is 13.4. The molecule has 3 aromatic carbocycles. The first-order valence-corrected chi connectivity index (χ1v) is 19.0. The van der Waals surface area contributed by atoms with Gasteiger partial charge >= 0.3 is 5.97 Å². The Kier molecular flexibility index (Phi) is 12.5. The Bertz CT molecular complexity index is 1800. The van der Waals surface area contributed by atoms with Gasteiger partial charge in [0, 0.05) is 21.9 Å². The molecule has 1 aromatic heterocycles. The van der Waals surface area contributed by atoms with E-state index in [1.807, 2.05) is 0 Å². The van der Waals surface area contributed by atoms with E-state index in [9.17, 15) is 18.0 Å². The summed E-state index contributed by atoms with van der Waals surface area (Å²) in [5.41, 5.74) is 2.64. The summed E-state index contributed by atoms with van der Waals surface area (Å²) in [7, 11) is -3.49. The molecule has 5 rings (SSSR count). The number of nitrogens with zero attached hydrogens (tertiary/aromatic N) is 1. The normalized spacial score (nSPS) is 13.5. The first kappa shape index (κ1) is 35.4. The topological polar surface area (TPSA) is 121 Å². The summed E-state index contributed by atoms with van der Waals surface area (Å²) in [6.45, 7) is 1.89. The van der Waals surface area contributed by atoms with Crippen molar-refractivity contribution in [1.82, 2.24) is 4.98 Å². The van der Waals surface area contributed by atoms with Gasteiger partial charge in [-0.2, -0.15) is 0 Å². The van der Waals surface area contributed by atoms with Crippen LogP contribution in [0, 0.1) is 0 Å². The third-order valence-corrected chi connectivity index (χ3v) is 11.0. The fourth-order valence-electron chi connectivity index (χ4n) is 5.57. The molecule has 0 atom stereocenters. The van der Waals surface area contributed by atoms with Crippen molar-refractivity contribution in [3.63, 3.8) is 0 Å². The van der Waals surface area contributed by atoms with Crippen LogP contribution in [0.2, 0.25) is 5.02 Å². The third kappa shape index (κ3) is 10.0. The molecule has 1 heterocycles. The summed E-state index contributed by atoms with van der Waals surface area (Å²) in [5.74, 6) is 0.334. The lowest BCUT2D eigenvalue weighted by Crippen LogP contribution is -2.17. The Labute approximate surface area is 290 Å². The number of aromatic nitrogens is 1. The second-order valence-electron chi connectivity index (χ2n) is 11.6. The van der Waals surface area contributed by atoms with Crippen molar-refractivity contribution >= 4 is 50.3 Å². The first-order valence-electron chi connectivity index (χ1n) is 16.1. The van der Waals surface area contributed by atoms with Gasteiger partial charge in [-0.15, -0.1) is 11.3 Å². The van der Waals surface area contributed by atoms with Crippen LogP contribution in [0.15, 0.2) is 77.0 Å². The zero-order chi connectivity index (χ0) is 33.9. The monoisotopic (exact) mass is 710 g/mol. The zero-order valence-electron chi connectivity index (χ0n) is 26.8. The average molecular weight is 711 g/mol. The van der Waals surface area contributed by atoms with E-state index in [0.29, 0.717) is 47.4 Å². The van der Waals surface area contributed by atoms with Crippen molar-refractivity contribution in [3.05, 3.63) is 99.0 Å². The van der Waals surface area contributed by atoms with Crippen molar-refractivity contribution < 1.29 is 32.2 Å². The summed E-state index contributed by atoms with van der Waals surface area (Å²) in [6.07, 6.45) is 6.95. The SMILES string of the molecule is CCOC(=O)COc1ccc(CCCS(=O)(=O)c2ccc(Cl)cc2)cc1NC(=O)c1cccc(OCc2nc(C3CCCCC3)cs2)c1. The molecule has 48 heavy (non-hydrogen) atoms. The Hall–Kier alpha value is -3.93. The molecule has 1 N–H and O–H groups in total. The molecule has 0 radical (unpaired) electrons. The van der Waals surface area contributed by atoms with E-state index in [2.05, 4.69) is 10.7 Å². The van der Waals surface area contributed by atoms with Crippen molar-refractivity contribution in [2.75, 3.05) is 24.3 Å². The highest BCUT2D eigenvalue weighted by Gasteiger charge is 2.19. The summed E-state index contributed by atoms with van der Waals surface area (Å²) in [6, 6.07) is 18.1. The highest BCUT2D eigenvalue weighted by Crippen LogP contribution is 2.33. The summed E-state index contributed by atoms with van der Waals surface area (Å²) in [5, 5.41) is 6.38. The molecule has 0 spiro atoms. The van der Waals surface area contributed by atoms with E-state index in [1.165, 1.54) is 44.2 Å². The smallest absolute Gasteiger partial charge is 0.344 e. The quantitative estimate of drug-likeness (QED) is 0.123. The number of benzene rings is 3. The number of carbonyl (C=O) groups excluding carboxylic acids is 2. The number of aryl methyl sites for hydroxylation is 1. The van der Waals surface area contributed by atoms with Crippen LogP contribution in [0.25, 0.3) is 0 Å². The van der Waals surface area contributed by atoms with Gasteiger partial charge in [0.15, 0.2) is 16.4 Å². The van der Waals surface area contributed by atoms with Crippen LogP contribution in [-0.2, 0) is 32.4 Å². The van der Waals surface area contributed by atoms with Crippen LogP contribution in [0.1, 0.15) is 78.0 Å². The molecular weight excluding hydrogens is 672 g/mol. The van der Waals surface area contributed by atoms with Crippen LogP contribution in [0.5, 0.6) is 11.5 Å². The number of esters is 1. The second kappa shape index (κ2) is 16.9. The minimum absolute atomic E-state index is 0.0624. The third-order valence-electron chi connectivity index (χ3n) is 8.05. The fraction of sp³-hybridized carbons (Fsp3) is 0.361. The standard InChI is InChI=1S/C36H39ClN2O7S2/c1-2-44-35(40)23-46-33-18-13-25(8-7-19-48(42,43)30-16-14-28(37)15-17-30)20-31(33)39-36(41)27-11-6-12-29(21-27)45-22-34-38-32(24-47-34)26-9-4-3-5-10-26/h6,11-18,20-21,24,26H,2-5,7-10,19,22-23H2,1H3,(H,39,41). The number of ether oxygens (including phenoxy) is 3. The van der Waals surface area contributed by atoms with Crippen LogP contribution < -0.4 is 14.8 Å². The van der Waals surface area contributed by atoms with Gasteiger partial charge in [-0.25, -0.2) is 18.2 Å². The van der Waals surface area contributed by atoms with Crippen LogP contribution >= 0.6 is 22.9 Å². The number of rotatable bonds is 15. The van der Waals surface area contributed by atoms with Crippen molar-refractivity contribution in [2.45, 2.75) is 69.3 Å². The molecule has 0 saturated heterocycles. The number of nitrogens with one attached hydrogen (secondary N) is 1. The lowest BCUT2D eigenvalue weighted by molar-refractivity contribution is -0.145. The molecule has 1 aliphatic rings. The van der Waals surface area contributed by atoms with Crippen LogP contribution in [0.4, 0.5) is 5.69 Å². The Balaban J connectivity index is 1.24. The Morgan fingerprint density at radius 1 is 1.00 bits per heavy atom. The number of hydrogen-bond acceptors (Lipinski definition) is 9. The molecule has 4 aromatic rings. The van der Waals surface area contributed by atoms with E-state index in [1.54, 1.807) is 72.9 Å². The number of carbonyl (C=O) groups is 2. The highest BCUT2D eigenvalue weighted by molar-refractivity contribution is 7.91. The van der Waals surface area contributed by atoms with Crippen molar-refractivity contribution in [2.24, 2.45) is 0 Å². The highest BCUT2D eigenvalue weighted by atomic mass is 35.5. The molecule has 0 unspecified atom stereocenters. The minimum atomic E-state index is -3.49. The number of anilines is 1. The van der Waals surface area contributed by atoms with Crippen molar-refractivity contribution in [3.8, 4) is 11.5 Å². The molecule has 1 fully saturated rings. The number of thiazole rings is 1. The average Bonchev–Trinajstić information content (AvgIpc) is 3.57. The van der Waals surface area contributed by atoms with Gasteiger partial charge in [-0.05, 0) is 92.8 Å². The Morgan fingerprint density at radius 2 is 1.79 bits per heavy atom. The van der Waals surface area contributed by atoms with Gasteiger partial charge in [0.1, 0.15) is 23.1 Å². The molecular formula is C36H39ClN2O7S2. The zero-order valence-corrected chi connectivity index (χ0v) is 29.2. The van der Waals surface area contributed by atoms with E-state index < -0.39 is 21.7 Å². The van der Waals surface area contributed by atoms with Gasteiger partial charge in [0.25, 0.3) is 5.91 Å². The van der Waals surface area contributed by atoms with Gasteiger partial charge in [0.05, 0.1) is 28.6 Å². The van der Waals surface area contributed by atoms with E-state index in [4.69, 9.17) is 30.8 Å². The minimum Gasteiger partial charge on any atom is -0.486 e. The van der Waals surface area contributed by atoms with Gasteiger partial charge < -0.3 is 19.5 Å². The molecule has 1 aliphatic carbocycles. The summed E-state index contributed by atoms with van der Waals surface area (Å²) in [4.78, 5) is 30.4. The van der Waals surface area contributed by atoms with E-state index >= 15 is 0 Å². The molecule has 1 amide bonds. The maximum Gasteiger partial charge on any atom is 0.344 e. The summed E-state index contributed by atoms with van der Waals surface area (Å²) < 4.78 is 42.3. The number of sulfone groups is 1. The van der Waals surface area contributed by atoms with Gasteiger partial charge in [-0.1, -0.05) is 43.0 Å². The van der Waals surface area contributed by atoms with Crippen molar-refractivity contribution in [1.29, 1.82) is 0 Å². The first-order chi connectivity index (χ1) is 23.2. The number of hydrogen-bond donors (Lipinski definition) is 1. The van der Waals surface area contributed by atoms with E-state index in [0.717, 1.165) is 16.3 Å². The lowest BCUT2D eigenvalue weighted by Gasteiger charge is -2.19. The van der Waals surface area contributed by atoms with Gasteiger partial charge in [-0.3, -0.25) is 4.79 Å². The van der Waals surface area contributed by atoms with Crippen LogP contribution in [0.3, 0.4) is 0 Å². The fourth-order valence-corrected chi connectivity index (χ4v) is 7.79. The predicted molar refractivity (Wildman–Crippen MR) is 187 cm³/mol. The maximum absolute atomic E-state index is 13.4. The molecule has 12 heteroatoms. The summed E-state index contributed by atoms with van der Waals surface area (Å²) >= 11 is 7.50. The Morgan fingerprint density at radius 3 is 2.56 bits per heavy atom. The van der Waals surface area contributed by atoms with Crippen LogP contribution in [-0.4, -0.2) is 44.2 Å². The number of amides is 1. The predicted octanol–water partition coefficient (Wildman–Crippen LogP) is 8.02. The molecule has 1 saturated carbocycles. The molecule has 254 valence electrons. The molecule has 9 nitrogen and oxygen atoms in total. The van der Waals surface area contributed by atoms with E-state index in [-0.39, 0.29) is 29.6 Å². The second-order valence-corrected chi connectivity index (χ2v) is 15.1. The number of halogens is 1. The lowest BCUT2D eigenvalue weighted by atomic mass is 9.87. The van der Waals surface area contributed by atoms with Gasteiger partial charge in [0.2, 0.25) is 0 Å². The molecule has 0 bridgehead atoms. The molecule has 0 aliphatic heterocycles. The largest absolute Gasteiger partial charge is 0.486 e.